The Balaban J connectivity index is 2.04. The van der Waals surface area contributed by atoms with E-state index >= 15 is 0 Å². The fourth-order valence-corrected chi connectivity index (χ4v) is 3.68. The molecule has 2 aromatic carbocycles. The van der Waals surface area contributed by atoms with Gasteiger partial charge in [-0.1, -0.05) is 0 Å². The summed E-state index contributed by atoms with van der Waals surface area (Å²) in [5.74, 6) is -1.21. The Labute approximate surface area is 209 Å². The molecule has 10 heteroatoms. The number of aryl methyl sites for hydroxylation is 1. The van der Waals surface area contributed by atoms with Crippen molar-refractivity contribution in [2.75, 3.05) is 39.9 Å². The third kappa shape index (κ3) is 5.76. The molecule has 0 aliphatic heterocycles. The molecule has 1 atom stereocenters. The molecule has 3 aromatic rings. The molecule has 0 radical (unpaired) electrons. The SMILES string of the molecule is COCCOc1cc2c(N[C@H](C)c3cc(OC)cc(C(F)(F)C(C)(C)O)c3)nc(C)nc2cc1OC. The molecular formula is C26H33F2N3O5. The van der Waals surface area contributed by atoms with E-state index in [2.05, 4.69) is 15.3 Å². The normalized spacial score (nSPS) is 12.9. The number of aromatic nitrogens is 2. The number of fused-ring (bicyclic) bond motifs is 1. The van der Waals surface area contributed by atoms with Gasteiger partial charge in [0.05, 0.1) is 32.4 Å². The van der Waals surface area contributed by atoms with Crippen LogP contribution >= 0.6 is 0 Å². The fraction of sp³-hybridized carbons (Fsp3) is 0.462. The lowest BCUT2D eigenvalue weighted by Gasteiger charge is -2.30. The van der Waals surface area contributed by atoms with Crippen molar-refractivity contribution in [3.05, 3.63) is 47.3 Å². The largest absolute Gasteiger partial charge is 0.497 e. The second-order valence-corrected chi connectivity index (χ2v) is 8.98. The molecule has 0 aliphatic rings. The van der Waals surface area contributed by atoms with Gasteiger partial charge in [0, 0.05) is 24.1 Å². The summed E-state index contributed by atoms with van der Waals surface area (Å²) in [7, 11) is 4.54. The first-order valence-electron chi connectivity index (χ1n) is 11.5. The fourth-order valence-electron chi connectivity index (χ4n) is 3.68. The van der Waals surface area contributed by atoms with Crippen LogP contribution in [-0.4, -0.2) is 55.2 Å². The first-order valence-corrected chi connectivity index (χ1v) is 11.5. The first-order chi connectivity index (χ1) is 16.9. The van der Waals surface area contributed by atoms with Gasteiger partial charge >= 0.3 is 5.92 Å². The number of alkyl halides is 2. The Kier molecular flexibility index (Phi) is 8.20. The molecule has 1 heterocycles. The van der Waals surface area contributed by atoms with Crippen LogP contribution in [0.2, 0.25) is 0 Å². The summed E-state index contributed by atoms with van der Waals surface area (Å²) >= 11 is 0. The number of nitrogens with one attached hydrogen (secondary N) is 1. The van der Waals surface area contributed by atoms with E-state index < -0.39 is 17.6 Å². The van der Waals surface area contributed by atoms with Crippen molar-refractivity contribution in [3.8, 4) is 17.2 Å². The molecule has 8 nitrogen and oxygen atoms in total. The van der Waals surface area contributed by atoms with E-state index in [-0.39, 0.29) is 11.3 Å². The summed E-state index contributed by atoms with van der Waals surface area (Å²) in [6.45, 7) is 6.46. The highest BCUT2D eigenvalue weighted by molar-refractivity contribution is 5.92. The predicted octanol–water partition coefficient (Wildman–Crippen LogP) is 5.02. The maximum absolute atomic E-state index is 15.0. The summed E-state index contributed by atoms with van der Waals surface area (Å²) in [6.07, 6.45) is 0. The molecule has 196 valence electrons. The summed E-state index contributed by atoms with van der Waals surface area (Å²) in [5.41, 5.74) is -1.44. The van der Waals surface area contributed by atoms with Crippen molar-refractivity contribution in [2.24, 2.45) is 0 Å². The van der Waals surface area contributed by atoms with Gasteiger partial charge in [-0.15, -0.1) is 0 Å². The van der Waals surface area contributed by atoms with E-state index in [0.29, 0.717) is 52.8 Å². The Bertz CT molecular complexity index is 1210. The van der Waals surface area contributed by atoms with Crippen molar-refractivity contribution >= 4 is 16.7 Å². The molecule has 0 amide bonds. The monoisotopic (exact) mass is 505 g/mol. The molecule has 0 spiro atoms. The summed E-state index contributed by atoms with van der Waals surface area (Å²) in [6, 6.07) is 7.34. The first kappa shape index (κ1) is 27.3. The molecule has 0 aliphatic carbocycles. The van der Waals surface area contributed by atoms with Crippen LogP contribution < -0.4 is 19.5 Å². The minimum Gasteiger partial charge on any atom is -0.497 e. The van der Waals surface area contributed by atoms with Gasteiger partial charge in [0.25, 0.3) is 0 Å². The zero-order valence-corrected chi connectivity index (χ0v) is 21.6. The van der Waals surface area contributed by atoms with Gasteiger partial charge in [0.15, 0.2) is 11.5 Å². The number of rotatable bonds is 11. The lowest BCUT2D eigenvalue weighted by Crippen LogP contribution is -2.40. The van der Waals surface area contributed by atoms with Crippen LogP contribution in [0.15, 0.2) is 30.3 Å². The molecule has 2 N–H and O–H groups in total. The van der Waals surface area contributed by atoms with Crippen LogP contribution in [0.4, 0.5) is 14.6 Å². The number of hydrogen-bond acceptors (Lipinski definition) is 8. The maximum Gasteiger partial charge on any atom is 0.300 e. The Morgan fingerprint density at radius 2 is 1.69 bits per heavy atom. The van der Waals surface area contributed by atoms with Crippen molar-refractivity contribution in [1.29, 1.82) is 0 Å². The molecular weight excluding hydrogens is 472 g/mol. The molecule has 0 saturated carbocycles. The molecule has 3 rings (SSSR count). The summed E-state index contributed by atoms with van der Waals surface area (Å²) in [4.78, 5) is 9.06. The second-order valence-electron chi connectivity index (χ2n) is 8.98. The predicted molar refractivity (Wildman–Crippen MR) is 133 cm³/mol. The number of halogens is 2. The van der Waals surface area contributed by atoms with Crippen LogP contribution in [0, 0.1) is 6.92 Å². The number of methoxy groups -OCH3 is 3. The standard InChI is InChI=1S/C26H33F2N3O5/c1-15(17-10-18(12-19(11-17)34-6)26(27,28)25(3,4)32)29-24-20-13-23(36-9-8-33-5)22(35-7)14-21(20)30-16(2)31-24/h10-15,32H,8-9H2,1-7H3,(H,29,30,31)/t15-/m1/s1. The third-order valence-electron chi connectivity index (χ3n) is 5.79. The van der Waals surface area contributed by atoms with Crippen LogP contribution in [0.3, 0.4) is 0 Å². The van der Waals surface area contributed by atoms with E-state index in [1.54, 1.807) is 39.3 Å². The number of nitrogens with zero attached hydrogens (tertiary/aromatic N) is 2. The second kappa shape index (κ2) is 10.8. The van der Waals surface area contributed by atoms with Crippen LogP contribution in [-0.2, 0) is 10.7 Å². The van der Waals surface area contributed by atoms with Gasteiger partial charge in [0.2, 0.25) is 0 Å². The van der Waals surface area contributed by atoms with Gasteiger partial charge in [-0.2, -0.15) is 8.78 Å². The highest BCUT2D eigenvalue weighted by Crippen LogP contribution is 2.41. The van der Waals surface area contributed by atoms with Crippen LogP contribution in [0.5, 0.6) is 17.2 Å². The minimum atomic E-state index is -3.50. The van der Waals surface area contributed by atoms with Crippen molar-refractivity contribution in [2.45, 2.75) is 45.3 Å². The van der Waals surface area contributed by atoms with Gasteiger partial charge in [0.1, 0.15) is 29.6 Å². The maximum atomic E-state index is 15.0. The Morgan fingerprint density at radius 1 is 0.972 bits per heavy atom. The highest BCUT2D eigenvalue weighted by Gasteiger charge is 2.47. The molecule has 0 unspecified atom stereocenters. The summed E-state index contributed by atoms with van der Waals surface area (Å²) < 4.78 is 51.5. The zero-order chi connectivity index (χ0) is 26.7. The van der Waals surface area contributed by atoms with E-state index in [4.69, 9.17) is 18.9 Å². The van der Waals surface area contributed by atoms with Gasteiger partial charge in [-0.3, -0.25) is 0 Å². The molecule has 36 heavy (non-hydrogen) atoms. The quantitative estimate of drug-likeness (QED) is 0.351. The smallest absolute Gasteiger partial charge is 0.300 e. The third-order valence-corrected chi connectivity index (χ3v) is 5.79. The number of aliphatic hydroxyl groups is 1. The van der Waals surface area contributed by atoms with Crippen LogP contribution in [0.25, 0.3) is 10.9 Å². The minimum absolute atomic E-state index is 0.252. The van der Waals surface area contributed by atoms with Gasteiger partial charge < -0.3 is 29.4 Å². The molecule has 1 aromatic heterocycles. The average Bonchev–Trinajstić information content (AvgIpc) is 2.82. The van der Waals surface area contributed by atoms with E-state index in [9.17, 15) is 13.9 Å². The van der Waals surface area contributed by atoms with E-state index in [1.165, 1.54) is 19.2 Å². The van der Waals surface area contributed by atoms with Crippen molar-refractivity contribution in [3.63, 3.8) is 0 Å². The molecule has 0 fully saturated rings. The lowest BCUT2D eigenvalue weighted by molar-refractivity contribution is -0.168. The lowest BCUT2D eigenvalue weighted by atomic mass is 9.91. The van der Waals surface area contributed by atoms with Crippen LogP contribution in [0.1, 0.15) is 43.8 Å². The van der Waals surface area contributed by atoms with Crippen molar-refractivity contribution in [1.82, 2.24) is 9.97 Å². The van der Waals surface area contributed by atoms with Gasteiger partial charge in [-0.25, -0.2) is 9.97 Å². The molecule has 0 saturated heterocycles. The number of anilines is 1. The topological polar surface area (TPSA) is 95.0 Å². The number of benzene rings is 2. The average molecular weight is 506 g/mol. The number of hydrogen-bond donors (Lipinski definition) is 2. The van der Waals surface area contributed by atoms with Gasteiger partial charge in [-0.05, 0) is 57.5 Å². The molecule has 0 bridgehead atoms. The highest BCUT2D eigenvalue weighted by atomic mass is 19.3. The zero-order valence-electron chi connectivity index (χ0n) is 21.6. The van der Waals surface area contributed by atoms with Crippen molar-refractivity contribution < 1.29 is 32.8 Å². The van der Waals surface area contributed by atoms with E-state index in [0.717, 1.165) is 13.8 Å². The Morgan fingerprint density at radius 3 is 2.31 bits per heavy atom. The summed E-state index contributed by atoms with van der Waals surface area (Å²) in [5, 5.41) is 14.0. The number of ether oxygens (including phenoxy) is 4. The van der Waals surface area contributed by atoms with E-state index in [1.807, 2.05) is 6.92 Å². The Hall–Kier alpha value is -3.24.